The highest BCUT2D eigenvalue weighted by Crippen LogP contribution is 2.38. The molecule has 0 radical (unpaired) electrons. The minimum atomic E-state index is -0.297. The number of ether oxygens (including phenoxy) is 2. The van der Waals surface area contributed by atoms with Gasteiger partial charge in [0.15, 0.2) is 11.5 Å². The number of halogens is 1. The van der Waals surface area contributed by atoms with E-state index in [0.717, 1.165) is 21.0 Å². The van der Waals surface area contributed by atoms with Crippen LogP contribution in [-0.2, 0) is 4.79 Å². The van der Waals surface area contributed by atoms with E-state index < -0.39 is 0 Å². The first kappa shape index (κ1) is 21.4. The van der Waals surface area contributed by atoms with Crippen LogP contribution in [0.1, 0.15) is 22.9 Å². The molecule has 4 rings (SSSR count). The van der Waals surface area contributed by atoms with Crippen molar-refractivity contribution in [2.45, 2.75) is 17.4 Å². The molecule has 0 spiro atoms. The molecule has 0 aliphatic carbocycles. The van der Waals surface area contributed by atoms with Crippen LogP contribution in [0.5, 0.6) is 11.5 Å². The molecule has 0 saturated heterocycles. The van der Waals surface area contributed by atoms with Crippen molar-refractivity contribution in [2.24, 2.45) is 5.10 Å². The summed E-state index contributed by atoms with van der Waals surface area (Å²) >= 11 is 2.97. The molecule has 5 nitrogen and oxygen atoms in total. The number of hydrazone groups is 1. The fourth-order valence-corrected chi connectivity index (χ4v) is 4.87. The van der Waals surface area contributed by atoms with Crippen molar-refractivity contribution >= 4 is 34.7 Å². The predicted molar refractivity (Wildman–Crippen MR) is 122 cm³/mol. The van der Waals surface area contributed by atoms with Gasteiger partial charge in [-0.05, 0) is 53.4 Å². The number of thioether (sulfide) groups is 1. The van der Waals surface area contributed by atoms with Gasteiger partial charge in [0.05, 0.1) is 36.6 Å². The van der Waals surface area contributed by atoms with Gasteiger partial charge in [-0.1, -0.05) is 12.1 Å². The second-order valence-electron chi connectivity index (χ2n) is 6.84. The maximum atomic E-state index is 13.1. The normalized spacial score (nSPS) is 15.6. The summed E-state index contributed by atoms with van der Waals surface area (Å²) in [6, 6.07) is 15.5. The minimum Gasteiger partial charge on any atom is -0.493 e. The standard InChI is InChI=1S/C23H21FN2O3S2/c1-28-20-10-5-15(12-21(20)29-2)19-13-18(22-4-3-11-30-22)25-26(19)23(27)14-31-17-8-6-16(24)7-9-17/h3-12,19H,13-14H2,1-2H3/t19-/m0/s1. The Morgan fingerprint density at radius 2 is 1.94 bits per heavy atom. The van der Waals surface area contributed by atoms with E-state index in [-0.39, 0.29) is 23.5 Å². The van der Waals surface area contributed by atoms with Crippen molar-refractivity contribution < 1.29 is 18.7 Å². The summed E-state index contributed by atoms with van der Waals surface area (Å²) in [7, 11) is 3.18. The number of amides is 1. The lowest BCUT2D eigenvalue weighted by Crippen LogP contribution is -2.28. The van der Waals surface area contributed by atoms with Crippen molar-refractivity contribution in [3.8, 4) is 11.5 Å². The fourth-order valence-electron chi connectivity index (χ4n) is 3.39. The van der Waals surface area contributed by atoms with Gasteiger partial charge in [0.25, 0.3) is 5.91 Å². The number of hydrogen-bond donors (Lipinski definition) is 0. The van der Waals surface area contributed by atoms with Crippen LogP contribution in [-0.4, -0.2) is 36.6 Å². The Balaban J connectivity index is 1.59. The predicted octanol–water partition coefficient (Wildman–Crippen LogP) is 5.37. The first-order valence-corrected chi connectivity index (χ1v) is 11.5. The summed E-state index contributed by atoms with van der Waals surface area (Å²) in [5.41, 5.74) is 1.81. The second-order valence-corrected chi connectivity index (χ2v) is 8.84. The molecule has 1 amide bonds. The van der Waals surface area contributed by atoms with E-state index in [1.165, 1.54) is 23.9 Å². The van der Waals surface area contributed by atoms with Gasteiger partial charge in [-0.25, -0.2) is 9.40 Å². The van der Waals surface area contributed by atoms with Gasteiger partial charge in [0.2, 0.25) is 0 Å². The molecule has 1 aliphatic heterocycles. The Morgan fingerprint density at radius 1 is 1.16 bits per heavy atom. The van der Waals surface area contributed by atoms with Gasteiger partial charge in [0.1, 0.15) is 5.82 Å². The van der Waals surface area contributed by atoms with Crippen molar-refractivity contribution in [1.82, 2.24) is 5.01 Å². The van der Waals surface area contributed by atoms with Gasteiger partial charge in [-0.3, -0.25) is 4.79 Å². The van der Waals surface area contributed by atoms with E-state index in [2.05, 4.69) is 5.10 Å². The molecular formula is C23H21FN2O3S2. The van der Waals surface area contributed by atoms with Crippen LogP contribution in [0.25, 0.3) is 0 Å². The van der Waals surface area contributed by atoms with Crippen molar-refractivity contribution in [1.29, 1.82) is 0 Å². The molecule has 0 N–H and O–H groups in total. The largest absolute Gasteiger partial charge is 0.493 e. The zero-order chi connectivity index (χ0) is 21.8. The molecular weight excluding hydrogens is 435 g/mol. The van der Waals surface area contributed by atoms with E-state index in [9.17, 15) is 9.18 Å². The van der Waals surface area contributed by atoms with E-state index >= 15 is 0 Å². The number of hydrogen-bond acceptors (Lipinski definition) is 6. The van der Waals surface area contributed by atoms with Crippen LogP contribution in [0.4, 0.5) is 4.39 Å². The molecule has 3 aromatic rings. The molecule has 8 heteroatoms. The van der Waals surface area contributed by atoms with Crippen LogP contribution in [0.3, 0.4) is 0 Å². The quantitative estimate of drug-likeness (QED) is 0.448. The second kappa shape index (κ2) is 9.53. The van der Waals surface area contributed by atoms with Crippen LogP contribution < -0.4 is 9.47 Å². The maximum absolute atomic E-state index is 13.1. The number of rotatable bonds is 7. The highest BCUT2D eigenvalue weighted by atomic mass is 32.2. The molecule has 2 heterocycles. The average molecular weight is 457 g/mol. The highest BCUT2D eigenvalue weighted by Gasteiger charge is 2.33. The summed E-state index contributed by atoms with van der Waals surface area (Å²) in [6.07, 6.45) is 0.614. The van der Waals surface area contributed by atoms with E-state index in [1.54, 1.807) is 42.7 Å². The summed E-state index contributed by atoms with van der Waals surface area (Å²) < 4.78 is 23.9. The third kappa shape index (κ3) is 4.75. The molecule has 0 bridgehead atoms. The molecule has 0 saturated carbocycles. The number of benzene rings is 2. The number of carbonyl (C=O) groups excluding carboxylic acids is 1. The lowest BCUT2D eigenvalue weighted by atomic mass is 10.0. The topological polar surface area (TPSA) is 51.1 Å². The average Bonchev–Trinajstić information content (AvgIpc) is 3.48. The monoisotopic (exact) mass is 456 g/mol. The van der Waals surface area contributed by atoms with Crippen LogP contribution in [0, 0.1) is 5.82 Å². The molecule has 2 aromatic carbocycles. The van der Waals surface area contributed by atoms with Crippen molar-refractivity contribution in [2.75, 3.05) is 20.0 Å². The SMILES string of the molecule is COc1ccc([C@@H]2CC(c3cccs3)=NN2C(=O)CSc2ccc(F)cc2)cc1OC. The lowest BCUT2D eigenvalue weighted by Gasteiger charge is -2.23. The summed E-state index contributed by atoms with van der Waals surface area (Å²) in [4.78, 5) is 15.0. The summed E-state index contributed by atoms with van der Waals surface area (Å²) in [6.45, 7) is 0. The van der Waals surface area contributed by atoms with Gasteiger partial charge < -0.3 is 9.47 Å². The Labute approximate surface area is 188 Å². The molecule has 0 unspecified atom stereocenters. The van der Waals surface area contributed by atoms with E-state index in [0.29, 0.717) is 17.9 Å². The molecule has 1 atom stereocenters. The zero-order valence-corrected chi connectivity index (χ0v) is 18.7. The number of nitrogens with zero attached hydrogens (tertiary/aromatic N) is 2. The van der Waals surface area contributed by atoms with Gasteiger partial charge >= 0.3 is 0 Å². The Hall–Kier alpha value is -2.84. The van der Waals surface area contributed by atoms with Crippen molar-refractivity contribution in [3.05, 3.63) is 76.2 Å². The third-order valence-electron chi connectivity index (χ3n) is 4.94. The Bertz CT molecular complexity index is 1080. The van der Waals surface area contributed by atoms with Crippen molar-refractivity contribution in [3.63, 3.8) is 0 Å². The third-order valence-corrected chi connectivity index (χ3v) is 6.86. The lowest BCUT2D eigenvalue weighted by molar-refractivity contribution is -0.130. The highest BCUT2D eigenvalue weighted by molar-refractivity contribution is 8.00. The first-order valence-electron chi connectivity index (χ1n) is 9.62. The molecule has 31 heavy (non-hydrogen) atoms. The van der Waals surface area contributed by atoms with Gasteiger partial charge in [-0.2, -0.15) is 5.10 Å². The summed E-state index contributed by atoms with van der Waals surface area (Å²) in [5.74, 6) is 1.04. The fraction of sp³-hybridized carbons (Fsp3) is 0.217. The van der Waals surface area contributed by atoms with E-state index in [1.807, 2.05) is 35.7 Å². The molecule has 0 fully saturated rings. The Morgan fingerprint density at radius 3 is 2.61 bits per heavy atom. The van der Waals surface area contributed by atoms with Crippen LogP contribution >= 0.6 is 23.1 Å². The minimum absolute atomic E-state index is 0.110. The number of carbonyl (C=O) groups is 1. The molecule has 160 valence electrons. The van der Waals surface area contributed by atoms with Gasteiger partial charge in [-0.15, -0.1) is 23.1 Å². The van der Waals surface area contributed by atoms with Crippen LogP contribution in [0.2, 0.25) is 0 Å². The molecule has 1 aromatic heterocycles. The maximum Gasteiger partial charge on any atom is 0.253 e. The van der Waals surface area contributed by atoms with Gasteiger partial charge in [0, 0.05) is 11.3 Å². The first-order chi connectivity index (χ1) is 15.1. The number of methoxy groups -OCH3 is 2. The smallest absolute Gasteiger partial charge is 0.253 e. The number of thiophene rings is 1. The molecule has 1 aliphatic rings. The van der Waals surface area contributed by atoms with Crippen LogP contribution in [0.15, 0.2) is 70.0 Å². The Kier molecular flexibility index (Phi) is 6.58. The summed E-state index contributed by atoms with van der Waals surface area (Å²) in [5, 5.41) is 8.24. The zero-order valence-electron chi connectivity index (χ0n) is 17.1. The van der Waals surface area contributed by atoms with E-state index in [4.69, 9.17) is 9.47 Å².